The average Bonchev–Trinajstić information content (AvgIpc) is 2.32. The molecule has 1 aromatic heterocycles. The van der Waals surface area contributed by atoms with Crippen molar-refractivity contribution in [3.63, 3.8) is 0 Å². The van der Waals surface area contributed by atoms with Crippen LogP contribution >= 0.6 is 0 Å². The van der Waals surface area contributed by atoms with Gasteiger partial charge in [0.2, 0.25) is 0 Å². The Kier molecular flexibility index (Phi) is 5.69. The summed E-state index contributed by atoms with van der Waals surface area (Å²) < 4.78 is 5.29. The highest BCUT2D eigenvalue weighted by Crippen LogP contribution is 2.13. The molecule has 0 spiro atoms. The smallest absolute Gasteiger partial charge is 0.158 e. The van der Waals surface area contributed by atoms with E-state index in [0.29, 0.717) is 24.9 Å². The van der Waals surface area contributed by atoms with Crippen molar-refractivity contribution in [2.45, 2.75) is 33.3 Å². The number of unbranched alkanes of at least 4 members (excludes halogenated alkanes) is 1. The van der Waals surface area contributed by atoms with Crippen molar-refractivity contribution in [2.75, 3.05) is 30.8 Å². The summed E-state index contributed by atoms with van der Waals surface area (Å²) in [6, 6.07) is 1.80. The van der Waals surface area contributed by atoms with Gasteiger partial charge in [-0.3, -0.25) is 0 Å². The van der Waals surface area contributed by atoms with Crippen molar-refractivity contribution >= 4 is 11.6 Å². The van der Waals surface area contributed by atoms with Crippen molar-refractivity contribution < 1.29 is 4.74 Å². The van der Waals surface area contributed by atoms with Crippen LogP contribution in [0.25, 0.3) is 0 Å². The van der Waals surface area contributed by atoms with E-state index in [0.717, 1.165) is 25.2 Å². The summed E-state index contributed by atoms with van der Waals surface area (Å²) in [7, 11) is 2.02. The highest BCUT2D eigenvalue weighted by atomic mass is 16.5. The van der Waals surface area contributed by atoms with Crippen molar-refractivity contribution in [3.05, 3.63) is 11.9 Å². The molecular formula is C12H22N4O. The highest BCUT2D eigenvalue weighted by Gasteiger charge is 2.06. The molecule has 0 saturated carbocycles. The third kappa shape index (κ3) is 4.56. The van der Waals surface area contributed by atoms with Crippen molar-refractivity contribution in [2.24, 2.45) is 0 Å². The van der Waals surface area contributed by atoms with Crippen LogP contribution in [0.5, 0.6) is 0 Å². The molecule has 17 heavy (non-hydrogen) atoms. The van der Waals surface area contributed by atoms with Crippen LogP contribution < -0.4 is 10.6 Å². The predicted molar refractivity (Wildman–Crippen MR) is 70.0 cm³/mol. The largest absolute Gasteiger partial charge is 0.384 e. The molecule has 0 aromatic carbocycles. The van der Waals surface area contributed by atoms with E-state index in [1.807, 2.05) is 14.0 Å². The van der Waals surface area contributed by atoms with Crippen LogP contribution in [-0.2, 0) is 11.3 Å². The van der Waals surface area contributed by atoms with Crippen LogP contribution in [0.1, 0.15) is 32.5 Å². The topological polar surface area (TPSA) is 64.3 Å². The Bertz CT molecular complexity index is 343. The monoisotopic (exact) mass is 238 g/mol. The second kappa shape index (κ2) is 7.06. The molecule has 1 aromatic rings. The Morgan fingerprint density at radius 3 is 2.76 bits per heavy atom. The van der Waals surface area contributed by atoms with Crippen LogP contribution in [0.2, 0.25) is 0 Å². The molecule has 0 radical (unpaired) electrons. The first kappa shape index (κ1) is 13.7. The highest BCUT2D eigenvalue weighted by molar-refractivity contribution is 5.46. The third-order valence-electron chi connectivity index (χ3n) is 2.45. The third-order valence-corrected chi connectivity index (χ3v) is 2.45. The van der Waals surface area contributed by atoms with E-state index in [9.17, 15) is 0 Å². The van der Waals surface area contributed by atoms with Crippen molar-refractivity contribution in [1.82, 2.24) is 9.97 Å². The fourth-order valence-corrected chi connectivity index (χ4v) is 1.47. The van der Waals surface area contributed by atoms with Gasteiger partial charge in [0.25, 0.3) is 0 Å². The van der Waals surface area contributed by atoms with Crippen LogP contribution in [0.3, 0.4) is 0 Å². The number of hydrogen-bond donors (Lipinski definition) is 1. The minimum Gasteiger partial charge on any atom is -0.384 e. The standard InChI is InChI=1S/C12H22N4O/c1-4-6-7-16(3)12-8-10(13)14-11(15-12)9-17-5-2/h8H,4-7,9H2,1-3H3,(H2,13,14,15). The molecule has 5 nitrogen and oxygen atoms in total. The lowest BCUT2D eigenvalue weighted by molar-refractivity contribution is 0.128. The maximum atomic E-state index is 5.76. The molecule has 0 unspecified atom stereocenters. The first-order valence-corrected chi connectivity index (χ1v) is 6.09. The lowest BCUT2D eigenvalue weighted by Gasteiger charge is -2.18. The van der Waals surface area contributed by atoms with E-state index in [4.69, 9.17) is 10.5 Å². The van der Waals surface area contributed by atoms with Gasteiger partial charge in [-0.2, -0.15) is 0 Å². The molecule has 0 amide bonds. The van der Waals surface area contributed by atoms with Gasteiger partial charge in [0.1, 0.15) is 18.2 Å². The quantitative estimate of drug-likeness (QED) is 0.785. The number of aromatic nitrogens is 2. The second-order valence-electron chi connectivity index (χ2n) is 3.98. The van der Waals surface area contributed by atoms with Crippen LogP contribution in [0.15, 0.2) is 6.07 Å². The van der Waals surface area contributed by atoms with Gasteiger partial charge in [-0.25, -0.2) is 9.97 Å². The molecule has 0 aliphatic carbocycles. The normalized spacial score (nSPS) is 10.5. The van der Waals surface area contributed by atoms with Gasteiger partial charge < -0.3 is 15.4 Å². The minimum absolute atomic E-state index is 0.413. The Morgan fingerprint density at radius 1 is 1.35 bits per heavy atom. The lowest BCUT2D eigenvalue weighted by Crippen LogP contribution is -2.21. The second-order valence-corrected chi connectivity index (χ2v) is 3.98. The number of nitrogens with two attached hydrogens (primary N) is 1. The number of nitrogens with zero attached hydrogens (tertiary/aromatic N) is 3. The number of ether oxygens (including phenoxy) is 1. The molecular weight excluding hydrogens is 216 g/mol. The van der Waals surface area contributed by atoms with Crippen LogP contribution in [0.4, 0.5) is 11.6 Å². The van der Waals surface area contributed by atoms with Gasteiger partial charge in [-0.1, -0.05) is 13.3 Å². The molecule has 0 fully saturated rings. The van der Waals surface area contributed by atoms with Gasteiger partial charge in [-0.15, -0.1) is 0 Å². The maximum absolute atomic E-state index is 5.76. The summed E-state index contributed by atoms with van der Waals surface area (Å²) in [4.78, 5) is 10.7. The van der Waals surface area contributed by atoms with Crippen molar-refractivity contribution in [1.29, 1.82) is 0 Å². The molecule has 2 N–H and O–H groups in total. The van der Waals surface area contributed by atoms with E-state index >= 15 is 0 Å². The van der Waals surface area contributed by atoms with Gasteiger partial charge in [0.15, 0.2) is 5.82 Å². The lowest BCUT2D eigenvalue weighted by atomic mass is 10.3. The summed E-state index contributed by atoms with van der Waals surface area (Å²) in [6.45, 7) is 6.15. The van der Waals surface area contributed by atoms with E-state index in [2.05, 4.69) is 21.8 Å². The summed E-state index contributed by atoms with van der Waals surface area (Å²) >= 11 is 0. The molecule has 0 saturated heterocycles. The number of anilines is 2. The fourth-order valence-electron chi connectivity index (χ4n) is 1.47. The summed E-state index contributed by atoms with van der Waals surface area (Å²) in [5, 5.41) is 0. The fraction of sp³-hybridized carbons (Fsp3) is 0.667. The summed E-state index contributed by atoms with van der Waals surface area (Å²) in [5.41, 5.74) is 5.76. The zero-order valence-electron chi connectivity index (χ0n) is 10.9. The molecule has 96 valence electrons. The van der Waals surface area contributed by atoms with Gasteiger partial charge >= 0.3 is 0 Å². The SMILES string of the molecule is CCCCN(C)c1cc(N)nc(COCC)n1. The molecule has 1 rings (SSSR count). The summed E-state index contributed by atoms with van der Waals surface area (Å²) in [6.07, 6.45) is 2.30. The van der Waals surface area contributed by atoms with Gasteiger partial charge in [-0.05, 0) is 13.3 Å². The van der Waals surface area contributed by atoms with Crippen molar-refractivity contribution in [3.8, 4) is 0 Å². The van der Waals surface area contributed by atoms with E-state index in [1.54, 1.807) is 6.07 Å². The molecule has 0 bridgehead atoms. The van der Waals surface area contributed by atoms with E-state index in [1.165, 1.54) is 0 Å². The first-order valence-electron chi connectivity index (χ1n) is 6.09. The van der Waals surface area contributed by atoms with E-state index in [-0.39, 0.29) is 0 Å². The Morgan fingerprint density at radius 2 is 2.12 bits per heavy atom. The Balaban J connectivity index is 2.73. The molecule has 5 heteroatoms. The molecule has 1 heterocycles. The zero-order chi connectivity index (χ0) is 12.7. The first-order chi connectivity index (χ1) is 8.17. The predicted octanol–water partition coefficient (Wildman–Crippen LogP) is 1.83. The zero-order valence-corrected chi connectivity index (χ0v) is 10.9. The Hall–Kier alpha value is -1.36. The summed E-state index contributed by atoms with van der Waals surface area (Å²) in [5.74, 6) is 2.00. The molecule has 0 aliphatic heterocycles. The minimum atomic E-state index is 0.413. The molecule has 0 atom stereocenters. The molecule has 0 aliphatic rings. The van der Waals surface area contributed by atoms with Crippen LogP contribution in [-0.4, -0.2) is 30.2 Å². The maximum Gasteiger partial charge on any atom is 0.158 e. The number of rotatable bonds is 7. The van der Waals surface area contributed by atoms with E-state index < -0.39 is 0 Å². The number of hydrogen-bond acceptors (Lipinski definition) is 5. The van der Waals surface area contributed by atoms with Gasteiger partial charge in [0.05, 0.1) is 0 Å². The van der Waals surface area contributed by atoms with Crippen LogP contribution in [0, 0.1) is 0 Å². The average molecular weight is 238 g/mol. The van der Waals surface area contributed by atoms with Gasteiger partial charge in [0, 0.05) is 26.3 Å². The number of nitrogen functional groups attached to an aromatic ring is 1. The Labute approximate surface area is 103 Å².